The number of benzene rings is 1. The molecule has 0 radical (unpaired) electrons. The highest BCUT2D eigenvalue weighted by atomic mass is 16.5. The highest BCUT2D eigenvalue weighted by Crippen LogP contribution is 2.38. The van der Waals surface area contributed by atoms with Gasteiger partial charge in [-0.05, 0) is 54.2 Å². The van der Waals surface area contributed by atoms with Crippen LogP contribution in [-0.4, -0.2) is 31.0 Å². The average Bonchev–Trinajstić information content (AvgIpc) is 2.68. The summed E-state index contributed by atoms with van der Waals surface area (Å²) in [6.07, 6.45) is 6.99. The molecular weight excluding hydrogens is 312 g/mol. The summed E-state index contributed by atoms with van der Waals surface area (Å²) in [7, 11) is 1.72. The SMILES string of the molecule is COc1ccc2c(c1)CCCC21NCCN=C1NCc1cccnc1. The van der Waals surface area contributed by atoms with Gasteiger partial charge in [0, 0.05) is 25.5 Å². The molecule has 0 amide bonds. The van der Waals surface area contributed by atoms with Crippen molar-refractivity contribution in [1.29, 1.82) is 0 Å². The molecule has 5 heteroatoms. The molecular formula is C20H24N4O. The molecule has 25 heavy (non-hydrogen) atoms. The number of pyridine rings is 1. The van der Waals surface area contributed by atoms with E-state index in [0.29, 0.717) is 0 Å². The van der Waals surface area contributed by atoms with Gasteiger partial charge in [-0.1, -0.05) is 12.1 Å². The Morgan fingerprint density at radius 1 is 1.32 bits per heavy atom. The summed E-state index contributed by atoms with van der Waals surface area (Å²) in [5.41, 5.74) is 3.64. The molecule has 0 fully saturated rings. The van der Waals surface area contributed by atoms with Gasteiger partial charge in [0.25, 0.3) is 0 Å². The number of amidine groups is 1. The van der Waals surface area contributed by atoms with E-state index in [1.165, 1.54) is 11.1 Å². The molecule has 4 rings (SSSR count). The van der Waals surface area contributed by atoms with Crippen molar-refractivity contribution in [3.05, 3.63) is 59.4 Å². The zero-order valence-corrected chi connectivity index (χ0v) is 14.6. The Bertz CT molecular complexity index is 775. The standard InChI is InChI=1S/C20H24N4O/c1-25-17-6-7-18-16(12-17)5-2-8-20(18)19(22-10-11-24-20)23-14-15-4-3-9-21-13-15/h3-4,6-7,9,12-13,24H,2,5,8,10-11,14H2,1H3,(H,22,23). The number of nitrogens with zero attached hydrogens (tertiary/aromatic N) is 2. The topological polar surface area (TPSA) is 58.5 Å². The quantitative estimate of drug-likeness (QED) is 0.904. The number of aromatic nitrogens is 1. The van der Waals surface area contributed by atoms with Gasteiger partial charge < -0.3 is 10.1 Å². The van der Waals surface area contributed by atoms with Crippen LogP contribution in [0.1, 0.15) is 29.5 Å². The molecule has 1 aliphatic carbocycles. The van der Waals surface area contributed by atoms with E-state index < -0.39 is 0 Å². The summed E-state index contributed by atoms with van der Waals surface area (Å²) < 4.78 is 5.41. The van der Waals surface area contributed by atoms with Crippen LogP contribution >= 0.6 is 0 Å². The summed E-state index contributed by atoms with van der Waals surface area (Å²) >= 11 is 0. The number of hydrogen-bond acceptors (Lipinski definition) is 5. The molecule has 2 N–H and O–H groups in total. The number of methoxy groups -OCH3 is 1. The van der Waals surface area contributed by atoms with Gasteiger partial charge in [-0.25, -0.2) is 0 Å². The smallest absolute Gasteiger partial charge is 0.122 e. The number of aliphatic imine (C=N–C) groups is 1. The fraction of sp³-hybridized carbons (Fsp3) is 0.400. The third-order valence-corrected chi connectivity index (χ3v) is 5.17. The second kappa shape index (κ2) is 6.84. The maximum atomic E-state index is 5.41. The first-order valence-electron chi connectivity index (χ1n) is 8.92. The number of nitrogens with one attached hydrogen (secondary N) is 2. The van der Waals surface area contributed by atoms with Crippen LogP contribution < -0.4 is 15.4 Å². The molecule has 1 aromatic carbocycles. The molecule has 1 unspecified atom stereocenters. The van der Waals surface area contributed by atoms with Crippen molar-refractivity contribution in [2.24, 2.45) is 4.99 Å². The van der Waals surface area contributed by atoms with E-state index in [4.69, 9.17) is 9.73 Å². The molecule has 0 saturated carbocycles. The Morgan fingerprint density at radius 2 is 2.28 bits per heavy atom. The Kier molecular flexibility index (Phi) is 4.40. The van der Waals surface area contributed by atoms with Crippen LogP contribution in [0.25, 0.3) is 0 Å². The van der Waals surface area contributed by atoms with Crippen molar-refractivity contribution < 1.29 is 4.74 Å². The van der Waals surface area contributed by atoms with Crippen LogP contribution in [-0.2, 0) is 18.5 Å². The fourth-order valence-electron chi connectivity index (χ4n) is 3.98. The van der Waals surface area contributed by atoms with Gasteiger partial charge in [0.1, 0.15) is 17.1 Å². The highest BCUT2D eigenvalue weighted by Gasteiger charge is 2.42. The average molecular weight is 336 g/mol. The molecule has 0 bridgehead atoms. The first-order valence-corrected chi connectivity index (χ1v) is 8.92. The third-order valence-electron chi connectivity index (χ3n) is 5.17. The predicted octanol–water partition coefficient (Wildman–Crippen LogP) is 2.41. The second-order valence-corrected chi connectivity index (χ2v) is 6.65. The Labute approximate surface area is 148 Å². The van der Waals surface area contributed by atoms with Gasteiger partial charge in [-0.3, -0.25) is 15.3 Å². The predicted molar refractivity (Wildman–Crippen MR) is 99.0 cm³/mol. The highest BCUT2D eigenvalue weighted by molar-refractivity contribution is 5.94. The fourth-order valence-corrected chi connectivity index (χ4v) is 3.98. The molecule has 2 aromatic rings. The Balaban J connectivity index is 1.65. The van der Waals surface area contributed by atoms with E-state index in [2.05, 4.69) is 39.9 Å². The van der Waals surface area contributed by atoms with Crippen molar-refractivity contribution in [3.8, 4) is 5.75 Å². The van der Waals surface area contributed by atoms with Crippen molar-refractivity contribution in [2.75, 3.05) is 20.2 Å². The zero-order chi connectivity index (χ0) is 17.1. The molecule has 130 valence electrons. The van der Waals surface area contributed by atoms with Crippen LogP contribution in [0.3, 0.4) is 0 Å². The van der Waals surface area contributed by atoms with Gasteiger partial charge in [0.15, 0.2) is 0 Å². The number of fused-ring (bicyclic) bond motifs is 2. The first-order chi connectivity index (χ1) is 12.3. The molecule has 1 aromatic heterocycles. The summed E-state index contributed by atoms with van der Waals surface area (Å²) in [4.78, 5) is 9.05. The van der Waals surface area contributed by atoms with Crippen molar-refractivity contribution in [2.45, 2.75) is 31.3 Å². The number of rotatable bonds is 3. The monoisotopic (exact) mass is 336 g/mol. The van der Waals surface area contributed by atoms with E-state index in [0.717, 1.165) is 56.0 Å². The Hall–Kier alpha value is -2.40. The van der Waals surface area contributed by atoms with Crippen LogP contribution in [0.15, 0.2) is 47.7 Å². The van der Waals surface area contributed by atoms with Gasteiger partial charge >= 0.3 is 0 Å². The van der Waals surface area contributed by atoms with Gasteiger partial charge in [-0.2, -0.15) is 0 Å². The molecule has 0 saturated heterocycles. The van der Waals surface area contributed by atoms with E-state index in [-0.39, 0.29) is 5.54 Å². The molecule has 1 atom stereocenters. The molecule has 2 heterocycles. The van der Waals surface area contributed by atoms with E-state index in [1.54, 1.807) is 13.3 Å². The molecule has 1 aliphatic heterocycles. The summed E-state index contributed by atoms with van der Waals surface area (Å²) in [6.45, 7) is 2.45. The number of aryl methyl sites for hydroxylation is 1. The van der Waals surface area contributed by atoms with Crippen molar-refractivity contribution in [3.63, 3.8) is 0 Å². The molecule has 1 spiro atoms. The summed E-state index contributed by atoms with van der Waals surface area (Å²) in [6, 6.07) is 10.5. The maximum absolute atomic E-state index is 5.41. The minimum Gasteiger partial charge on any atom is -0.497 e. The van der Waals surface area contributed by atoms with Gasteiger partial charge in [-0.15, -0.1) is 0 Å². The van der Waals surface area contributed by atoms with E-state index in [1.807, 2.05) is 12.3 Å². The largest absolute Gasteiger partial charge is 0.497 e. The van der Waals surface area contributed by atoms with Crippen molar-refractivity contribution >= 4 is 5.84 Å². The summed E-state index contributed by atoms with van der Waals surface area (Å²) in [5.74, 6) is 1.97. The minimum absolute atomic E-state index is 0.208. The first kappa shape index (κ1) is 16.1. The lowest BCUT2D eigenvalue weighted by molar-refractivity contribution is 0.361. The second-order valence-electron chi connectivity index (χ2n) is 6.65. The molecule has 5 nitrogen and oxygen atoms in total. The lowest BCUT2D eigenvalue weighted by Gasteiger charge is -2.43. The van der Waals surface area contributed by atoms with Crippen LogP contribution in [0.4, 0.5) is 0 Å². The van der Waals surface area contributed by atoms with Crippen LogP contribution in [0.5, 0.6) is 5.75 Å². The van der Waals surface area contributed by atoms with Crippen molar-refractivity contribution in [1.82, 2.24) is 15.6 Å². The van der Waals surface area contributed by atoms with E-state index in [9.17, 15) is 0 Å². The van der Waals surface area contributed by atoms with Gasteiger partial charge in [0.2, 0.25) is 0 Å². The maximum Gasteiger partial charge on any atom is 0.122 e. The minimum atomic E-state index is -0.208. The van der Waals surface area contributed by atoms with E-state index >= 15 is 0 Å². The molecule has 2 aliphatic rings. The third kappa shape index (κ3) is 3.00. The normalized spacial score (nSPS) is 22.2. The lowest BCUT2D eigenvalue weighted by Crippen LogP contribution is -2.58. The summed E-state index contributed by atoms with van der Waals surface area (Å²) in [5, 5.41) is 7.35. The zero-order valence-electron chi connectivity index (χ0n) is 14.6. The number of hydrogen-bond donors (Lipinski definition) is 2. The Morgan fingerprint density at radius 3 is 3.12 bits per heavy atom. The van der Waals surface area contributed by atoms with Gasteiger partial charge in [0.05, 0.1) is 13.7 Å². The van der Waals surface area contributed by atoms with Crippen LogP contribution in [0.2, 0.25) is 0 Å². The van der Waals surface area contributed by atoms with Crippen LogP contribution in [0, 0.1) is 0 Å². The lowest BCUT2D eigenvalue weighted by atomic mass is 9.74. The number of ether oxygens (including phenoxy) is 1.